The summed E-state index contributed by atoms with van der Waals surface area (Å²) in [6.07, 6.45) is 2.97. The fraction of sp³-hybridized carbons (Fsp3) is 0.308. The summed E-state index contributed by atoms with van der Waals surface area (Å²) < 4.78 is 11.1. The molecule has 2 heterocycles. The maximum absolute atomic E-state index is 12.3. The highest BCUT2D eigenvalue weighted by Gasteiger charge is 2.18. The van der Waals surface area contributed by atoms with E-state index in [9.17, 15) is 4.79 Å². The van der Waals surface area contributed by atoms with Crippen LogP contribution in [0.3, 0.4) is 0 Å². The molecule has 0 aliphatic carbocycles. The normalized spacial score (nSPS) is 10.6. The minimum Gasteiger partial charge on any atom is -0.472 e. The van der Waals surface area contributed by atoms with E-state index < -0.39 is 0 Å². The van der Waals surface area contributed by atoms with Crippen molar-refractivity contribution in [3.05, 3.63) is 45.0 Å². The van der Waals surface area contributed by atoms with Gasteiger partial charge in [0.1, 0.15) is 6.26 Å². The van der Waals surface area contributed by atoms with Crippen LogP contribution in [-0.2, 0) is 11.3 Å². The molecule has 19 heavy (non-hydrogen) atoms. The number of rotatable bonds is 6. The molecule has 0 aromatic carbocycles. The highest BCUT2D eigenvalue weighted by atomic mass is 79.9. The van der Waals surface area contributed by atoms with Crippen molar-refractivity contribution >= 4 is 33.2 Å². The predicted octanol–water partition coefficient (Wildman–Crippen LogP) is 3.39. The Labute approximate surface area is 124 Å². The Balaban J connectivity index is 2.11. The summed E-state index contributed by atoms with van der Waals surface area (Å²) in [5.41, 5.74) is 0.559. The summed E-state index contributed by atoms with van der Waals surface area (Å²) in [6, 6.07) is 3.66. The fourth-order valence-corrected chi connectivity index (χ4v) is 3.13. The zero-order valence-corrected chi connectivity index (χ0v) is 12.9. The van der Waals surface area contributed by atoms with Crippen LogP contribution in [0.2, 0.25) is 0 Å². The minimum atomic E-state index is -0.0499. The van der Waals surface area contributed by atoms with Gasteiger partial charge in [-0.2, -0.15) is 0 Å². The molecule has 0 N–H and O–H groups in total. The van der Waals surface area contributed by atoms with Gasteiger partial charge in [-0.1, -0.05) is 0 Å². The summed E-state index contributed by atoms with van der Waals surface area (Å²) in [6.45, 7) is 1.61. The Morgan fingerprint density at radius 3 is 2.95 bits per heavy atom. The number of hydrogen-bond acceptors (Lipinski definition) is 4. The number of furan rings is 1. The number of carbonyl (C=O) groups excluding carboxylic acids is 1. The predicted molar refractivity (Wildman–Crippen MR) is 77.3 cm³/mol. The molecule has 0 radical (unpaired) electrons. The van der Waals surface area contributed by atoms with Gasteiger partial charge in [0.05, 0.1) is 25.0 Å². The number of halogens is 1. The molecule has 0 fully saturated rings. The Hall–Kier alpha value is -1.11. The second kappa shape index (κ2) is 6.88. The van der Waals surface area contributed by atoms with Crippen LogP contribution in [0, 0.1) is 0 Å². The zero-order chi connectivity index (χ0) is 13.7. The van der Waals surface area contributed by atoms with Crippen molar-refractivity contribution in [3.63, 3.8) is 0 Å². The first kappa shape index (κ1) is 14.3. The van der Waals surface area contributed by atoms with E-state index in [0.717, 1.165) is 9.35 Å². The average Bonchev–Trinajstić information content (AvgIpc) is 3.05. The van der Waals surface area contributed by atoms with E-state index in [4.69, 9.17) is 9.15 Å². The highest BCUT2D eigenvalue weighted by molar-refractivity contribution is 9.10. The molecule has 0 saturated heterocycles. The van der Waals surface area contributed by atoms with Crippen molar-refractivity contribution in [2.75, 3.05) is 20.3 Å². The minimum absolute atomic E-state index is 0.0499. The number of hydrogen-bond donors (Lipinski definition) is 0. The van der Waals surface area contributed by atoms with Crippen LogP contribution in [0.4, 0.5) is 0 Å². The lowest BCUT2D eigenvalue weighted by Crippen LogP contribution is -2.33. The number of ether oxygens (including phenoxy) is 1. The van der Waals surface area contributed by atoms with Crippen LogP contribution in [0.25, 0.3) is 0 Å². The van der Waals surface area contributed by atoms with Gasteiger partial charge in [0.15, 0.2) is 0 Å². The topological polar surface area (TPSA) is 42.7 Å². The van der Waals surface area contributed by atoms with Crippen LogP contribution in [-0.4, -0.2) is 31.1 Å². The van der Waals surface area contributed by atoms with Crippen molar-refractivity contribution in [2.24, 2.45) is 0 Å². The quantitative estimate of drug-likeness (QED) is 0.807. The van der Waals surface area contributed by atoms with E-state index in [-0.39, 0.29) is 5.91 Å². The van der Waals surface area contributed by atoms with Crippen molar-refractivity contribution in [1.29, 1.82) is 0 Å². The van der Waals surface area contributed by atoms with Crippen LogP contribution in [0.5, 0.6) is 0 Å². The van der Waals surface area contributed by atoms with Gasteiger partial charge in [-0.3, -0.25) is 4.79 Å². The van der Waals surface area contributed by atoms with E-state index >= 15 is 0 Å². The molecule has 0 spiro atoms. The largest absolute Gasteiger partial charge is 0.472 e. The highest BCUT2D eigenvalue weighted by Crippen LogP contribution is 2.24. The molecule has 0 aliphatic heterocycles. The fourth-order valence-electron chi connectivity index (χ4n) is 1.63. The second-order valence-corrected chi connectivity index (χ2v) is 5.78. The number of thiophene rings is 1. The first-order valence-corrected chi connectivity index (χ1v) is 7.42. The molecule has 102 valence electrons. The Bertz CT molecular complexity index is 524. The molecule has 0 unspecified atom stereocenters. The Morgan fingerprint density at radius 1 is 1.53 bits per heavy atom. The van der Waals surface area contributed by atoms with Gasteiger partial charge in [0, 0.05) is 23.0 Å². The maximum atomic E-state index is 12.3. The smallest absolute Gasteiger partial charge is 0.257 e. The maximum Gasteiger partial charge on any atom is 0.257 e. The summed E-state index contributed by atoms with van der Waals surface area (Å²) in [5, 5.41) is 2.00. The van der Waals surface area contributed by atoms with E-state index in [1.165, 1.54) is 12.5 Å². The molecule has 2 aromatic heterocycles. The number of methoxy groups -OCH3 is 1. The Kier molecular flexibility index (Phi) is 5.18. The van der Waals surface area contributed by atoms with Crippen LogP contribution < -0.4 is 0 Å². The number of nitrogens with zero attached hydrogens (tertiary/aromatic N) is 1. The molecule has 2 aromatic rings. The zero-order valence-electron chi connectivity index (χ0n) is 10.5. The molecular weight excluding hydrogens is 330 g/mol. The van der Waals surface area contributed by atoms with Crippen LogP contribution in [0.15, 0.2) is 38.9 Å². The van der Waals surface area contributed by atoms with Crippen molar-refractivity contribution in [3.8, 4) is 0 Å². The van der Waals surface area contributed by atoms with Gasteiger partial charge in [0.25, 0.3) is 5.91 Å². The van der Waals surface area contributed by atoms with E-state index in [1.54, 1.807) is 29.4 Å². The van der Waals surface area contributed by atoms with Gasteiger partial charge in [0.2, 0.25) is 0 Å². The molecule has 0 atom stereocenters. The summed E-state index contributed by atoms with van der Waals surface area (Å²) >= 11 is 5.10. The average molecular weight is 344 g/mol. The first-order valence-electron chi connectivity index (χ1n) is 5.74. The van der Waals surface area contributed by atoms with Crippen molar-refractivity contribution < 1.29 is 13.9 Å². The van der Waals surface area contributed by atoms with E-state index in [1.807, 2.05) is 11.4 Å². The molecule has 6 heteroatoms. The molecule has 0 aliphatic rings. The van der Waals surface area contributed by atoms with Gasteiger partial charge in [-0.05, 0) is 33.4 Å². The third-order valence-corrected chi connectivity index (χ3v) is 4.56. The van der Waals surface area contributed by atoms with Gasteiger partial charge < -0.3 is 14.1 Å². The summed E-state index contributed by atoms with van der Waals surface area (Å²) in [5.74, 6) is -0.0499. The first-order chi connectivity index (χ1) is 9.22. The lowest BCUT2D eigenvalue weighted by atomic mass is 10.3. The third kappa shape index (κ3) is 3.68. The van der Waals surface area contributed by atoms with Gasteiger partial charge >= 0.3 is 0 Å². The van der Waals surface area contributed by atoms with E-state index in [0.29, 0.717) is 25.3 Å². The Morgan fingerprint density at radius 2 is 2.37 bits per heavy atom. The lowest BCUT2D eigenvalue weighted by molar-refractivity contribution is 0.0681. The molecule has 2 rings (SSSR count). The SMILES string of the molecule is COCCN(Cc1sccc1Br)C(=O)c1ccoc1. The molecule has 0 saturated carbocycles. The monoisotopic (exact) mass is 343 g/mol. The van der Waals surface area contributed by atoms with Crippen molar-refractivity contribution in [1.82, 2.24) is 4.90 Å². The summed E-state index contributed by atoms with van der Waals surface area (Å²) in [4.78, 5) is 15.2. The standard InChI is InChI=1S/C13H14BrNO3S/c1-17-6-4-15(8-12-11(14)3-7-19-12)13(16)10-2-5-18-9-10/h2-3,5,7,9H,4,6,8H2,1H3. The van der Waals surface area contributed by atoms with Gasteiger partial charge in [-0.15, -0.1) is 11.3 Å². The van der Waals surface area contributed by atoms with Gasteiger partial charge in [-0.25, -0.2) is 0 Å². The van der Waals surface area contributed by atoms with Crippen LogP contribution >= 0.6 is 27.3 Å². The number of carbonyl (C=O) groups is 1. The summed E-state index contributed by atoms with van der Waals surface area (Å²) in [7, 11) is 1.63. The lowest BCUT2D eigenvalue weighted by Gasteiger charge is -2.21. The van der Waals surface area contributed by atoms with E-state index in [2.05, 4.69) is 15.9 Å². The van der Waals surface area contributed by atoms with Crippen LogP contribution in [0.1, 0.15) is 15.2 Å². The molecular formula is C13H14BrNO3S. The molecule has 1 amide bonds. The van der Waals surface area contributed by atoms with Crippen molar-refractivity contribution in [2.45, 2.75) is 6.54 Å². The second-order valence-electron chi connectivity index (χ2n) is 3.92. The third-order valence-electron chi connectivity index (χ3n) is 2.65. The number of amides is 1. The molecule has 0 bridgehead atoms. The molecule has 4 nitrogen and oxygen atoms in total.